The van der Waals surface area contributed by atoms with Gasteiger partial charge in [-0.05, 0) is 62.7 Å². The number of halogens is 1. The maximum absolute atomic E-state index is 15.5. The lowest BCUT2D eigenvalue weighted by atomic mass is 9.89. The molecule has 1 aromatic heterocycles. The Bertz CT molecular complexity index is 1170. The van der Waals surface area contributed by atoms with Crippen molar-refractivity contribution in [1.29, 1.82) is 0 Å². The molecule has 0 amide bonds. The Morgan fingerprint density at radius 2 is 1.90 bits per heavy atom. The van der Waals surface area contributed by atoms with E-state index in [4.69, 9.17) is 0 Å². The largest absolute Gasteiger partial charge is 0.352 e. The van der Waals surface area contributed by atoms with Crippen molar-refractivity contribution in [3.8, 4) is 11.3 Å². The summed E-state index contributed by atoms with van der Waals surface area (Å²) >= 11 is 0. The molecule has 0 unspecified atom stereocenters. The van der Waals surface area contributed by atoms with Gasteiger partial charge in [-0.3, -0.25) is 4.72 Å². The van der Waals surface area contributed by atoms with Crippen molar-refractivity contribution >= 4 is 26.6 Å². The number of aromatic nitrogens is 1. The number of para-hydroxylation sites is 1. The maximum atomic E-state index is 15.5. The summed E-state index contributed by atoms with van der Waals surface area (Å²) in [4.78, 5) is 5.61. The van der Waals surface area contributed by atoms with Crippen LogP contribution in [-0.4, -0.2) is 57.8 Å². The van der Waals surface area contributed by atoms with Crippen LogP contribution in [-0.2, 0) is 10.0 Å². The molecule has 2 heterocycles. The lowest BCUT2D eigenvalue weighted by molar-refractivity contribution is 0.214. The number of fused-ring (bicyclic) bond motifs is 1. The standard InChI is InChI=1S/C23H29FN4O2S/c1-25-11-14-28-12-9-16(10-13-28)17-7-8-20-19(15-17)22(24)23(26-20)18-5-3-4-6-21(18)27-31(2,29)30/h3-8,15-16,25-27H,9-14H2,1-2H3. The number of aromatic amines is 1. The minimum Gasteiger partial charge on any atom is -0.352 e. The van der Waals surface area contributed by atoms with Gasteiger partial charge < -0.3 is 15.2 Å². The van der Waals surface area contributed by atoms with Crippen molar-refractivity contribution in [3.05, 3.63) is 53.8 Å². The van der Waals surface area contributed by atoms with Crippen molar-refractivity contribution in [3.63, 3.8) is 0 Å². The quantitative estimate of drug-likeness (QED) is 0.519. The first-order valence-corrected chi connectivity index (χ1v) is 12.5. The van der Waals surface area contributed by atoms with Gasteiger partial charge in [-0.25, -0.2) is 12.8 Å². The van der Waals surface area contributed by atoms with Crippen LogP contribution in [0.5, 0.6) is 0 Å². The summed E-state index contributed by atoms with van der Waals surface area (Å²) in [5.41, 5.74) is 3.00. The van der Waals surface area contributed by atoms with Crippen LogP contribution in [0.25, 0.3) is 22.2 Å². The van der Waals surface area contributed by atoms with E-state index in [0.717, 1.165) is 50.8 Å². The van der Waals surface area contributed by atoms with Gasteiger partial charge in [0.1, 0.15) is 0 Å². The van der Waals surface area contributed by atoms with Gasteiger partial charge in [-0.15, -0.1) is 0 Å². The van der Waals surface area contributed by atoms with Crippen molar-refractivity contribution in [2.24, 2.45) is 0 Å². The Morgan fingerprint density at radius 3 is 2.61 bits per heavy atom. The fourth-order valence-corrected chi connectivity index (χ4v) is 4.94. The molecule has 1 aliphatic heterocycles. The third-order valence-electron chi connectivity index (χ3n) is 5.99. The first-order chi connectivity index (χ1) is 14.9. The number of rotatable bonds is 7. The second-order valence-electron chi connectivity index (χ2n) is 8.26. The molecule has 4 rings (SSSR count). The fourth-order valence-electron chi connectivity index (χ4n) is 4.37. The van der Waals surface area contributed by atoms with Gasteiger partial charge in [0.15, 0.2) is 5.82 Å². The summed E-state index contributed by atoms with van der Waals surface area (Å²) in [7, 11) is -1.51. The van der Waals surface area contributed by atoms with E-state index >= 15 is 4.39 Å². The molecule has 0 spiro atoms. The number of piperidine rings is 1. The van der Waals surface area contributed by atoms with Gasteiger partial charge >= 0.3 is 0 Å². The van der Waals surface area contributed by atoms with E-state index in [1.54, 1.807) is 24.3 Å². The summed E-state index contributed by atoms with van der Waals surface area (Å²) in [6.07, 6.45) is 3.21. The maximum Gasteiger partial charge on any atom is 0.229 e. The van der Waals surface area contributed by atoms with Crippen LogP contribution >= 0.6 is 0 Å². The summed E-state index contributed by atoms with van der Waals surface area (Å²) in [5.74, 6) is 0.0678. The molecule has 6 nitrogen and oxygen atoms in total. The highest BCUT2D eigenvalue weighted by molar-refractivity contribution is 7.92. The summed E-state index contributed by atoms with van der Waals surface area (Å²) in [6, 6.07) is 12.8. The number of anilines is 1. The molecule has 2 aromatic carbocycles. The smallest absolute Gasteiger partial charge is 0.229 e. The number of likely N-dealkylation sites (tertiary alicyclic amines) is 1. The highest BCUT2D eigenvalue weighted by Crippen LogP contribution is 2.36. The normalized spacial score (nSPS) is 16.1. The van der Waals surface area contributed by atoms with E-state index in [2.05, 4.69) is 26.0 Å². The summed E-state index contributed by atoms with van der Waals surface area (Å²) in [6.45, 7) is 4.15. The minimum atomic E-state index is -3.48. The van der Waals surface area contributed by atoms with E-state index in [-0.39, 0.29) is 5.82 Å². The van der Waals surface area contributed by atoms with E-state index in [9.17, 15) is 8.42 Å². The minimum absolute atomic E-state index is 0.292. The number of likely N-dealkylation sites (N-methyl/N-ethyl adjacent to an activating group) is 1. The topological polar surface area (TPSA) is 77.2 Å². The number of H-pyrrole nitrogens is 1. The third kappa shape index (κ3) is 4.92. The lowest BCUT2D eigenvalue weighted by Gasteiger charge is -2.32. The molecule has 1 fully saturated rings. The highest BCUT2D eigenvalue weighted by Gasteiger charge is 2.22. The number of nitrogens with zero attached hydrogens (tertiary/aromatic N) is 1. The molecule has 8 heteroatoms. The lowest BCUT2D eigenvalue weighted by Crippen LogP contribution is -2.37. The van der Waals surface area contributed by atoms with Gasteiger partial charge in [-0.2, -0.15) is 0 Å². The molecule has 1 aliphatic rings. The number of hydrogen-bond acceptors (Lipinski definition) is 4. The van der Waals surface area contributed by atoms with Gasteiger partial charge in [-0.1, -0.05) is 24.3 Å². The van der Waals surface area contributed by atoms with E-state index in [1.165, 1.54) is 0 Å². The highest BCUT2D eigenvalue weighted by atomic mass is 32.2. The second-order valence-corrected chi connectivity index (χ2v) is 10.0. The molecule has 0 atom stereocenters. The van der Waals surface area contributed by atoms with E-state index < -0.39 is 10.0 Å². The Kier molecular flexibility index (Phi) is 6.31. The molecule has 166 valence electrons. The van der Waals surface area contributed by atoms with Gasteiger partial charge in [0.2, 0.25) is 10.0 Å². The molecule has 0 radical (unpaired) electrons. The van der Waals surface area contributed by atoms with Crippen LogP contribution in [0.15, 0.2) is 42.5 Å². The molecule has 1 saturated heterocycles. The van der Waals surface area contributed by atoms with Crippen molar-refractivity contribution in [2.45, 2.75) is 18.8 Å². The molecule has 0 saturated carbocycles. The SMILES string of the molecule is CNCCN1CCC(c2ccc3[nH]c(-c4ccccc4NS(C)(=O)=O)c(F)c3c2)CC1. The molecular formula is C23H29FN4O2S. The average Bonchev–Trinajstić information content (AvgIpc) is 3.08. The predicted octanol–water partition coefficient (Wildman–Crippen LogP) is 3.74. The first-order valence-electron chi connectivity index (χ1n) is 10.6. The van der Waals surface area contributed by atoms with Gasteiger partial charge in [0, 0.05) is 29.6 Å². The molecule has 0 aliphatic carbocycles. The summed E-state index contributed by atoms with van der Waals surface area (Å²) in [5, 5.41) is 3.73. The Labute approximate surface area is 182 Å². The van der Waals surface area contributed by atoms with Crippen LogP contribution in [0.1, 0.15) is 24.3 Å². The van der Waals surface area contributed by atoms with Crippen LogP contribution < -0.4 is 10.0 Å². The van der Waals surface area contributed by atoms with Gasteiger partial charge in [0.25, 0.3) is 0 Å². The Hall–Kier alpha value is -2.42. The zero-order valence-corrected chi connectivity index (χ0v) is 18.7. The third-order valence-corrected chi connectivity index (χ3v) is 6.58. The zero-order valence-electron chi connectivity index (χ0n) is 17.9. The zero-order chi connectivity index (χ0) is 22.0. The van der Waals surface area contributed by atoms with Crippen LogP contribution in [0.2, 0.25) is 0 Å². The van der Waals surface area contributed by atoms with Crippen molar-refractivity contribution in [1.82, 2.24) is 15.2 Å². The fraction of sp³-hybridized carbons (Fsp3) is 0.391. The predicted molar refractivity (Wildman–Crippen MR) is 125 cm³/mol. The molecule has 3 N–H and O–H groups in total. The number of hydrogen-bond donors (Lipinski definition) is 3. The van der Waals surface area contributed by atoms with Crippen LogP contribution in [0.4, 0.5) is 10.1 Å². The van der Waals surface area contributed by atoms with E-state index in [0.29, 0.717) is 33.8 Å². The second kappa shape index (κ2) is 8.98. The molecule has 0 bridgehead atoms. The van der Waals surface area contributed by atoms with Crippen molar-refractivity contribution in [2.75, 3.05) is 44.2 Å². The van der Waals surface area contributed by atoms with Gasteiger partial charge in [0.05, 0.1) is 17.6 Å². The Morgan fingerprint density at radius 1 is 1.16 bits per heavy atom. The molecular weight excluding hydrogens is 415 g/mol. The number of sulfonamides is 1. The number of nitrogens with one attached hydrogen (secondary N) is 3. The number of benzene rings is 2. The summed E-state index contributed by atoms with van der Waals surface area (Å²) < 4.78 is 41.4. The monoisotopic (exact) mass is 444 g/mol. The van der Waals surface area contributed by atoms with Crippen LogP contribution in [0.3, 0.4) is 0 Å². The average molecular weight is 445 g/mol. The Balaban J connectivity index is 1.62. The first kappa shape index (κ1) is 21.8. The molecule has 3 aromatic rings. The van der Waals surface area contributed by atoms with E-state index in [1.807, 2.05) is 19.2 Å². The van der Waals surface area contributed by atoms with Crippen molar-refractivity contribution < 1.29 is 12.8 Å². The van der Waals surface area contributed by atoms with Crippen LogP contribution in [0, 0.1) is 5.82 Å². The molecule has 31 heavy (non-hydrogen) atoms.